The molecule has 1 unspecified atom stereocenters. The first kappa shape index (κ1) is 20.9. The van der Waals surface area contributed by atoms with Crippen molar-refractivity contribution in [2.24, 2.45) is 0 Å². The van der Waals surface area contributed by atoms with Crippen LogP contribution in [0.15, 0.2) is 11.7 Å². The van der Waals surface area contributed by atoms with Gasteiger partial charge in [0.1, 0.15) is 0 Å². The monoisotopic (exact) mass is 294 g/mol. The van der Waals surface area contributed by atoms with Gasteiger partial charge in [0.2, 0.25) is 0 Å². The Morgan fingerprint density at radius 2 is 1.37 bits per heavy atom. The largest absolute Gasteiger partial charge is 1.00 e. The molecule has 0 aromatic carbocycles. The Morgan fingerprint density at radius 1 is 1.05 bits per heavy atom. The van der Waals surface area contributed by atoms with Gasteiger partial charge < -0.3 is 23.9 Å². The summed E-state index contributed by atoms with van der Waals surface area (Å²) in [6.07, 6.45) is -7.48. The van der Waals surface area contributed by atoms with Crippen molar-refractivity contribution in [1.29, 1.82) is 0 Å². The summed E-state index contributed by atoms with van der Waals surface area (Å²) < 4.78 is 97.4. The van der Waals surface area contributed by atoms with Crippen molar-refractivity contribution < 1.29 is 69.1 Å². The van der Waals surface area contributed by atoms with Gasteiger partial charge in [0.05, 0.1) is 6.17 Å². The molecule has 0 radical (unpaired) electrons. The second-order valence-electron chi connectivity index (χ2n) is 2.88. The predicted octanol–water partition coefficient (Wildman–Crippen LogP) is -1.79. The van der Waals surface area contributed by atoms with Gasteiger partial charge in [-0.3, -0.25) is 4.39 Å². The summed E-state index contributed by atoms with van der Waals surface area (Å²) in [5.74, 6) is -17.1. The van der Waals surface area contributed by atoms with E-state index in [9.17, 15) is 35.1 Å². The van der Waals surface area contributed by atoms with Crippen molar-refractivity contribution in [3.05, 3.63) is 17.8 Å². The molecule has 0 saturated heterocycles. The van der Waals surface area contributed by atoms with Crippen LogP contribution >= 0.6 is 0 Å². The average Bonchev–Trinajstić information content (AvgIpc) is 2.22. The third kappa shape index (κ3) is 4.03. The molecule has 13 heteroatoms. The van der Waals surface area contributed by atoms with Gasteiger partial charge >= 0.3 is 38.0 Å². The molecule has 0 saturated carbocycles. The zero-order chi connectivity index (χ0) is 14.9. The van der Waals surface area contributed by atoms with E-state index in [1.54, 1.807) is 0 Å². The summed E-state index contributed by atoms with van der Waals surface area (Å²) in [5, 5.41) is 21.5. The zero-order valence-corrected chi connectivity index (χ0v) is 9.02. The van der Waals surface area contributed by atoms with Gasteiger partial charge in [-0.2, -0.15) is 8.78 Å². The molecule has 3 nitrogen and oxygen atoms in total. The van der Waals surface area contributed by atoms with Gasteiger partial charge in [0.15, 0.2) is 6.17 Å². The molecule has 0 aromatic heterocycles. The Morgan fingerprint density at radius 3 is 1.68 bits per heavy atom. The average molecular weight is 294 g/mol. The first-order valence-electron chi connectivity index (χ1n) is 3.89. The van der Waals surface area contributed by atoms with E-state index in [1.165, 1.54) is 0 Å². The van der Waals surface area contributed by atoms with E-state index in [0.29, 0.717) is 0 Å². The topological polar surface area (TPSA) is 60.7 Å². The molecule has 0 aliphatic heterocycles. The van der Waals surface area contributed by atoms with Crippen LogP contribution in [-0.2, 0) is 0 Å². The molecule has 0 fully saturated rings. The Kier molecular flexibility index (Phi) is 7.53. The molecule has 0 spiro atoms. The molecule has 3 N–H and O–H groups in total. The molecule has 1 aliphatic rings. The van der Waals surface area contributed by atoms with E-state index in [1.807, 2.05) is 0 Å². The number of hydrogen-bond acceptors (Lipinski definition) is 3. The van der Waals surface area contributed by atoms with Gasteiger partial charge in [-0.1, -0.05) is 0 Å². The third-order valence-electron chi connectivity index (χ3n) is 1.64. The van der Waals surface area contributed by atoms with Crippen LogP contribution in [0.2, 0.25) is 0 Å². The molecular weight excluding hydrogens is 290 g/mol. The Hall–Kier alpha value is -0.408. The Labute approximate surface area is 113 Å². The summed E-state index contributed by atoms with van der Waals surface area (Å²) in [4.78, 5) is 0. The summed E-state index contributed by atoms with van der Waals surface area (Å²) in [7, 11) is -2.17. The van der Waals surface area contributed by atoms with Crippen LogP contribution in [0.1, 0.15) is 0 Å². The van der Waals surface area contributed by atoms with Crippen LogP contribution in [0.25, 0.3) is 0 Å². The van der Waals surface area contributed by atoms with E-state index in [0.717, 1.165) is 0 Å². The maximum atomic E-state index is 12.2. The van der Waals surface area contributed by atoms with E-state index < -0.39 is 43.2 Å². The molecule has 1 aliphatic carbocycles. The fourth-order valence-electron chi connectivity index (χ4n) is 0.819. The summed E-state index contributed by atoms with van der Waals surface area (Å²) in [6.45, 7) is 0. The first-order valence-corrected chi connectivity index (χ1v) is 3.89. The number of hydrogen-bond donors (Lipinski definition) is 3. The van der Waals surface area contributed by atoms with Crippen LogP contribution in [-0.4, -0.2) is 40.4 Å². The standard InChI is InChI=1S/C6HF8.BH3O3.Li/c7-1-2(8)4(10)6(13,14)5(11,12)3(1)9;2-1(3)4;/h3H;2-4H;/q-1;;+1. The van der Waals surface area contributed by atoms with Crippen molar-refractivity contribution in [2.45, 2.75) is 18.0 Å². The second-order valence-corrected chi connectivity index (χ2v) is 2.88. The molecule has 0 bridgehead atoms. The summed E-state index contributed by atoms with van der Waals surface area (Å²) >= 11 is 0. The van der Waals surface area contributed by atoms with Gasteiger partial charge in [0, 0.05) is 11.7 Å². The molecule has 1 atom stereocenters. The van der Waals surface area contributed by atoms with E-state index >= 15 is 0 Å². The maximum absolute atomic E-state index is 12.2. The summed E-state index contributed by atoms with van der Waals surface area (Å²) in [6, 6.07) is 0. The van der Waals surface area contributed by atoms with Crippen molar-refractivity contribution in [2.75, 3.05) is 0 Å². The van der Waals surface area contributed by atoms with Crippen LogP contribution in [0.5, 0.6) is 0 Å². The van der Waals surface area contributed by atoms with Crippen molar-refractivity contribution in [3.8, 4) is 0 Å². The minimum Gasteiger partial charge on any atom is -0.402 e. The van der Waals surface area contributed by atoms with Gasteiger partial charge in [-0.15, -0.1) is 0 Å². The third-order valence-corrected chi connectivity index (χ3v) is 1.64. The number of alkyl halides is 5. The van der Waals surface area contributed by atoms with Crippen LogP contribution in [0.3, 0.4) is 0 Å². The predicted molar refractivity (Wildman–Crippen MR) is 40.8 cm³/mol. The zero-order valence-electron chi connectivity index (χ0n) is 9.02. The number of halogens is 8. The molecule has 0 amide bonds. The molecule has 0 aromatic rings. The maximum Gasteiger partial charge on any atom is 1.00 e. The molecular formula is C6H4BF8LiO3. The molecule has 106 valence electrons. The molecule has 0 heterocycles. The minimum atomic E-state index is -5.67. The van der Waals surface area contributed by atoms with Gasteiger partial charge in [-0.05, 0) is 0 Å². The smallest absolute Gasteiger partial charge is 0.402 e. The van der Waals surface area contributed by atoms with E-state index in [2.05, 4.69) is 0 Å². The SMILES string of the molecule is FC1=C(F)C(F)C(F)(F)C(F)(F)[C-]1F.OB(O)O.[Li+]. The van der Waals surface area contributed by atoms with E-state index in [4.69, 9.17) is 15.1 Å². The van der Waals surface area contributed by atoms with E-state index in [-0.39, 0.29) is 18.9 Å². The molecule has 19 heavy (non-hydrogen) atoms. The van der Waals surface area contributed by atoms with Crippen LogP contribution in [0.4, 0.5) is 35.1 Å². The first-order chi connectivity index (χ1) is 7.87. The van der Waals surface area contributed by atoms with Crippen molar-refractivity contribution in [3.63, 3.8) is 0 Å². The van der Waals surface area contributed by atoms with Gasteiger partial charge in [0.25, 0.3) is 0 Å². The van der Waals surface area contributed by atoms with Gasteiger partial charge in [-0.25, -0.2) is 13.2 Å². The second kappa shape index (κ2) is 6.85. The Bertz CT molecular complexity index is 308. The van der Waals surface area contributed by atoms with Crippen molar-refractivity contribution in [1.82, 2.24) is 0 Å². The number of allylic oxidation sites excluding steroid dienone is 2. The Balaban J connectivity index is 0. The molecule has 1 rings (SSSR count). The minimum absolute atomic E-state index is 0. The normalized spacial score (nSPS) is 24.2. The summed E-state index contributed by atoms with van der Waals surface area (Å²) in [5.41, 5.74) is 0. The number of rotatable bonds is 0. The van der Waals surface area contributed by atoms with Crippen molar-refractivity contribution >= 4 is 7.32 Å². The van der Waals surface area contributed by atoms with Crippen LogP contribution in [0, 0.1) is 6.17 Å². The fraction of sp³-hybridized carbons (Fsp3) is 0.500. The quantitative estimate of drug-likeness (QED) is 0.281. The fourth-order valence-corrected chi connectivity index (χ4v) is 0.819. The van der Waals surface area contributed by atoms with Crippen LogP contribution < -0.4 is 18.9 Å².